The summed E-state index contributed by atoms with van der Waals surface area (Å²) in [5, 5.41) is 2.95. The molecule has 31 heavy (non-hydrogen) atoms. The van der Waals surface area contributed by atoms with Gasteiger partial charge in [0.2, 0.25) is 16.0 Å². The summed E-state index contributed by atoms with van der Waals surface area (Å²) in [5.41, 5.74) is 2.25. The lowest BCUT2D eigenvalue weighted by atomic mass is 9.95. The Kier molecular flexibility index (Phi) is 6.11. The number of benzene rings is 2. The molecule has 1 aliphatic rings. The summed E-state index contributed by atoms with van der Waals surface area (Å²) in [6, 6.07) is 14.0. The van der Waals surface area contributed by atoms with Gasteiger partial charge in [-0.3, -0.25) is 10.1 Å². The zero-order chi connectivity index (χ0) is 22.0. The Balaban J connectivity index is 1.60. The van der Waals surface area contributed by atoms with Gasteiger partial charge < -0.3 is 4.57 Å². The van der Waals surface area contributed by atoms with Crippen molar-refractivity contribution in [1.29, 1.82) is 0 Å². The van der Waals surface area contributed by atoms with Crippen LogP contribution in [0, 0.1) is 0 Å². The molecular formula is C23H28N4O3S. The van der Waals surface area contributed by atoms with Crippen LogP contribution in [0.3, 0.4) is 0 Å². The van der Waals surface area contributed by atoms with Crippen LogP contribution in [0.5, 0.6) is 0 Å². The number of nitrogens with zero attached hydrogens (tertiary/aromatic N) is 2. The maximum Gasteiger partial charge on any atom is 0.257 e. The number of anilines is 1. The summed E-state index contributed by atoms with van der Waals surface area (Å²) in [6.45, 7) is 3.52. The van der Waals surface area contributed by atoms with Gasteiger partial charge in [0.25, 0.3) is 5.91 Å². The zero-order valence-corrected chi connectivity index (χ0v) is 18.7. The number of carbonyl (C=O) groups is 1. The molecule has 0 unspecified atom stereocenters. The summed E-state index contributed by atoms with van der Waals surface area (Å²) in [7, 11) is -3.60. The van der Waals surface area contributed by atoms with Crippen molar-refractivity contribution in [2.75, 3.05) is 5.32 Å². The van der Waals surface area contributed by atoms with Gasteiger partial charge in [-0.25, -0.2) is 18.1 Å². The molecule has 0 spiro atoms. The first-order valence-corrected chi connectivity index (χ1v) is 12.2. The van der Waals surface area contributed by atoms with Crippen molar-refractivity contribution < 1.29 is 13.2 Å². The summed E-state index contributed by atoms with van der Waals surface area (Å²) in [4.78, 5) is 17.7. The number of rotatable bonds is 6. The lowest BCUT2D eigenvalue weighted by molar-refractivity contribution is 0.102. The lowest BCUT2D eigenvalue weighted by Crippen LogP contribution is -2.30. The van der Waals surface area contributed by atoms with Crippen molar-refractivity contribution in [2.45, 2.75) is 62.9 Å². The molecule has 7 nitrogen and oxygen atoms in total. The molecular weight excluding hydrogens is 412 g/mol. The molecule has 0 saturated heterocycles. The predicted octanol–water partition coefficient (Wildman–Crippen LogP) is 4.48. The van der Waals surface area contributed by atoms with Crippen molar-refractivity contribution in [3.05, 3.63) is 54.1 Å². The molecule has 2 N–H and O–H groups in total. The molecule has 1 aliphatic carbocycles. The van der Waals surface area contributed by atoms with Crippen molar-refractivity contribution >= 4 is 32.9 Å². The second-order valence-electron chi connectivity index (χ2n) is 8.34. The van der Waals surface area contributed by atoms with Gasteiger partial charge in [-0.2, -0.15) is 0 Å². The van der Waals surface area contributed by atoms with Crippen LogP contribution in [-0.2, 0) is 10.0 Å². The number of para-hydroxylation sites is 2. The van der Waals surface area contributed by atoms with Crippen molar-refractivity contribution in [3.8, 4) is 0 Å². The summed E-state index contributed by atoms with van der Waals surface area (Å²) in [6.07, 6.45) is 5.72. The number of hydrogen-bond donors (Lipinski definition) is 2. The van der Waals surface area contributed by atoms with E-state index in [4.69, 9.17) is 0 Å². The number of sulfonamides is 1. The maximum atomic E-state index is 12.9. The summed E-state index contributed by atoms with van der Waals surface area (Å²) >= 11 is 0. The van der Waals surface area contributed by atoms with Gasteiger partial charge in [-0.15, -0.1) is 0 Å². The highest BCUT2D eigenvalue weighted by Crippen LogP contribution is 2.34. The van der Waals surface area contributed by atoms with E-state index in [1.807, 2.05) is 24.3 Å². The van der Waals surface area contributed by atoms with Gasteiger partial charge in [0.05, 0.1) is 15.9 Å². The van der Waals surface area contributed by atoms with E-state index in [1.54, 1.807) is 13.8 Å². The third kappa shape index (κ3) is 4.65. The van der Waals surface area contributed by atoms with E-state index in [1.165, 1.54) is 43.5 Å². The van der Waals surface area contributed by atoms with Crippen LogP contribution < -0.4 is 10.0 Å². The molecule has 0 bridgehead atoms. The smallest absolute Gasteiger partial charge is 0.257 e. The fourth-order valence-corrected chi connectivity index (χ4v) is 5.43. The van der Waals surface area contributed by atoms with Crippen LogP contribution in [-0.4, -0.2) is 29.9 Å². The number of aromatic nitrogens is 2. The Hall–Kier alpha value is -2.71. The Bertz CT molecular complexity index is 1180. The molecule has 2 aromatic carbocycles. The maximum absolute atomic E-state index is 12.9. The van der Waals surface area contributed by atoms with Crippen LogP contribution in [0.2, 0.25) is 0 Å². The van der Waals surface area contributed by atoms with Crippen LogP contribution in [0.4, 0.5) is 5.95 Å². The minimum Gasteiger partial charge on any atom is -0.307 e. The Labute approximate surface area is 182 Å². The number of fused-ring (bicyclic) bond motifs is 1. The fraction of sp³-hybridized carbons (Fsp3) is 0.391. The standard InChI is InChI=1S/C23H28N4O3S/c1-16(2)26-31(29,30)19-14-12-17(13-15-19)22(28)25-23-24-20-10-6-7-11-21(20)27(23)18-8-4-3-5-9-18/h6-7,10-16,18,26H,3-5,8-9H2,1-2H3,(H,24,25,28). The minimum atomic E-state index is -3.60. The van der Waals surface area contributed by atoms with E-state index in [-0.39, 0.29) is 16.8 Å². The van der Waals surface area contributed by atoms with E-state index < -0.39 is 10.0 Å². The van der Waals surface area contributed by atoms with E-state index in [2.05, 4.69) is 19.6 Å². The van der Waals surface area contributed by atoms with Gasteiger partial charge >= 0.3 is 0 Å². The Morgan fingerprint density at radius 2 is 1.71 bits per heavy atom. The van der Waals surface area contributed by atoms with Crippen molar-refractivity contribution in [1.82, 2.24) is 14.3 Å². The highest BCUT2D eigenvalue weighted by Gasteiger charge is 2.23. The van der Waals surface area contributed by atoms with Gasteiger partial charge in [0.1, 0.15) is 0 Å². The monoisotopic (exact) mass is 440 g/mol. The quantitative estimate of drug-likeness (QED) is 0.591. The predicted molar refractivity (Wildman–Crippen MR) is 122 cm³/mol. The molecule has 3 aromatic rings. The molecule has 164 valence electrons. The second kappa shape index (κ2) is 8.80. The molecule has 1 fully saturated rings. The number of imidazole rings is 1. The number of hydrogen-bond acceptors (Lipinski definition) is 4. The fourth-order valence-electron chi connectivity index (χ4n) is 4.18. The Morgan fingerprint density at radius 1 is 1.03 bits per heavy atom. The normalized spacial score (nSPS) is 15.5. The molecule has 0 atom stereocenters. The summed E-state index contributed by atoms with van der Waals surface area (Å²) in [5.74, 6) is 0.226. The molecule has 0 aliphatic heterocycles. The topological polar surface area (TPSA) is 93.1 Å². The van der Waals surface area contributed by atoms with E-state index in [0.717, 1.165) is 23.9 Å². The van der Waals surface area contributed by atoms with Gasteiger partial charge in [-0.1, -0.05) is 31.4 Å². The first-order valence-electron chi connectivity index (χ1n) is 10.8. The molecule has 1 saturated carbocycles. The van der Waals surface area contributed by atoms with Crippen molar-refractivity contribution in [3.63, 3.8) is 0 Å². The number of nitrogens with one attached hydrogen (secondary N) is 2. The summed E-state index contributed by atoms with van der Waals surface area (Å²) < 4.78 is 29.3. The molecule has 8 heteroatoms. The Morgan fingerprint density at radius 3 is 2.39 bits per heavy atom. The van der Waals surface area contributed by atoms with Crippen LogP contribution >= 0.6 is 0 Å². The van der Waals surface area contributed by atoms with Gasteiger partial charge in [0.15, 0.2) is 0 Å². The molecule has 0 radical (unpaired) electrons. The van der Waals surface area contributed by atoms with E-state index >= 15 is 0 Å². The van der Waals surface area contributed by atoms with Crippen LogP contribution in [0.25, 0.3) is 11.0 Å². The first kappa shape index (κ1) is 21.5. The number of amides is 1. The molecule has 1 aromatic heterocycles. The second-order valence-corrected chi connectivity index (χ2v) is 10.1. The highest BCUT2D eigenvalue weighted by atomic mass is 32.2. The van der Waals surface area contributed by atoms with Crippen molar-refractivity contribution in [2.24, 2.45) is 0 Å². The van der Waals surface area contributed by atoms with Gasteiger partial charge in [-0.05, 0) is 63.1 Å². The van der Waals surface area contributed by atoms with Gasteiger partial charge in [0, 0.05) is 17.6 Å². The lowest BCUT2D eigenvalue weighted by Gasteiger charge is -2.25. The average Bonchev–Trinajstić information content (AvgIpc) is 3.11. The van der Waals surface area contributed by atoms with Crippen LogP contribution in [0.15, 0.2) is 53.4 Å². The third-order valence-corrected chi connectivity index (χ3v) is 7.25. The zero-order valence-electron chi connectivity index (χ0n) is 17.8. The number of carbonyl (C=O) groups excluding carboxylic acids is 1. The molecule has 1 amide bonds. The van der Waals surface area contributed by atoms with E-state index in [0.29, 0.717) is 17.6 Å². The molecule has 4 rings (SSSR count). The highest BCUT2D eigenvalue weighted by molar-refractivity contribution is 7.89. The third-order valence-electron chi connectivity index (χ3n) is 5.58. The largest absolute Gasteiger partial charge is 0.307 e. The SMILES string of the molecule is CC(C)NS(=O)(=O)c1ccc(C(=O)Nc2nc3ccccc3n2C2CCCCC2)cc1. The minimum absolute atomic E-state index is 0.132. The van der Waals surface area contributed by atoms with Crippen LogP contribution in [0.1, 0.15) is 62.4 Å². The average molecular weight is 441 g/mol. The first-order chi connectivity index (χ1) is 14.8. The van der Waals surface area contributed by atoms with E-state index in [9.17, 15) is 13.2 Å². The molecule has 1 heterocycles.